The molecule has 0 amide bonds. The lowest BCUT2D eigenvalue weighted by molar-refractivity contribution is 0.989. The Hall–Kier alpha value is -1.02. The Morgan fingerprint density at radius 3 is 2.15 bits per heavy atom. The lowest BCUT2D eigenvalue weighted by atomic mass is 10.1. The standard InChI is InChI=1S/C11H16N2/c1-13(2)9-5-3-8(4-6-9)10-7-11(10)12/h3-6,10-11H,7,12H2,1-2H3/t10-,11+/m1/s1. The molecule has 0 unspecified atom stereocenters. The minimum absolute atomic E-state index is 0.408. The molecule has 2 rings (SSSR count). The monoisotopic (exact) mass is 176 g/mol. The Morgan fingerprint density at radius 1 is 1.23 bits per heavy atom. The first-order chi connectivity index (χ1) is 6.18. The third-order valence-electron chi connectivity index (χ3n) is 2.68. The second-order valence-electron chi connectivity index (χ2n) is 3.99. The van der Waals surface area contributed by atoms with Crippen LogP contribution in [0.2, 0.25) is 0 Å². The molecule has 70 valence electrons. The van der Waals surface area contributed by atoms with Crippen LogP contribution in [0.5, 0.6) is 0 Å². The molecule has 0 aliphatic heterocycles. The number of anilines is 1. The molecule has 1 aliphatic carbocycles. The molecule has 2 nitrogen and oxygen atoms in total. The van der Waals surface area contributed by atoms with Crippen LogP contribution in [0.25, 0.3) is 0 Å². The molecule has 2 heteroatoms. The van der Waals surface area contributed by atoms with Crippen LogP contribution in [0.15, 0.2) is 24.3 Å². The van der Waals surface area contributed by atoms with E-state index in [9.17, 15) is 0 Å². The maximum atomic E-state index is 5.79. The van der Waals surface area contributed by atoms with Crippen molar-refractivity contribution in [2.24, 2.45) is 5.73 Å². The minimum atomic E-state index is 0.408. The quantitative estimate of drug-likeness (QED) is 0.741. The van der Waals surface area contributed by atoms with Gasteiger partial charge < -0.3 is 10.6 Å². The van der Waals surface area contributed by atoms with Crippen LogP contribution in [0, 0.1) is 0 Å². The zero-order valence-corrected chi connectivity index (χ0v) is 8.20. The summed E-state index contributed by atoms with van der Waals surface area (Å²) in [5.74, 6) is 0.621. The summed E-state index contributed by atoms with van der Waals surface area (Å²) in [7, 11) is 4.11. The van der Waals surface area contributed by atoms with Gasteiger partial charge in [0.25, 0.3) is 0 Å². The summed E-state index contributed by atoms with van der Waals surface area (Å²) >= 11 is 0. The number of benzene rings is 1. The Labute approximate surface area is 79.4 Å². The summed E-state index contributed by atoms with van der Waals surface area (Å²) in [4.78, 5) is 2.11. The lowest BCUT2D eigenvalue weighted by Crippen LogP contribution is -2.08. The zero-order valence-electron chi connectivity index (χ0n) is 8.20. The van der Waals surface area contributed by atoms with Crippen molar-refractivity contribution in [1.29, 1.82) is 0 Å². The zero-order chi connectivity index (χ0) is 9.42. The molecule has 0 bridgehead atoms. The molecule has 13 heavy (non-hydrogen) atoms. The molecule has 1 aromatic rings. The normalized spacial score (nSPS) is 25.8. The van der Waals surface area contributed by atoms with Crippen molar-refractivity contribution >= 4 is 5.69 Å². The number of nitrogens with two attached hydrogens (primary N) is 1. The van der Waals surface area contributed by atoms with E-state index < -0.39 is 0 Å². The van der Waals surface area contributed by atoms with E-state index in [4.69, 9.17) is 5.73 Å². The fourth-order valence-electron chi connectivity index (χ4n) is 1.62. The molecule has 2 N–H and O–H groups in total. The van der Waals surface area contributed by atoms with E-state index in [1.54, 1.807) is 0 Å². The van der Waals surface area contributed by atoms with Gasteiger partial charge in [0.2, 0.25) is 0 Å². The molecular formula is C11H16N2. The van der Waals surface area contributed by atoms with Crippen molar-refractivity contribution in [2.75, 3.05) is 19.0 Å². The highest BCUT2D eigenvalue weighted by atomic mass is 15.1. The van der Waals surface area contributed by atoms with Gasteiger partial charge in [-0.25, -0.2) is 0 Å². The van der Waals surface area contributed by atoms with Gasteiger partial charge in [-0.2, -0.15) is 0 Å². The van der Waals surface area contributed by atoms with Crippen molar-refractivity contribution < 1.29 is 0 Å². The van der Waals surface area contributed by atoms with Crippen molar-refractivity contribution in [3.8, 4) is 0 Å². The average molecular weight is 176 g/mol. The number of hydrogen-bond donors (Lipinski definition) is 1. The second-order valence-corrected chi connectivity index (χ2v) is 3.99. The molecule has 0 aromatic heterocycles. The summed E-state index contributed by atoms with van der Waals surface area (Å²) < 4.78 is 0. The fraction of sp³-hybridized carbons (Fsp3) is 0.455. The molecule has 0 saturated heterocycles. The van der Waals surface area contributed by atoms with Crippen LogP contribution in [0.1, 0.15) is 17.9 Å². The van der Waals surface area contributed by atoms with Gasteiger partial charge in [0.05, 0.1) is 0 Å². The van der Waals surface area contributed by atoms with Gasteiger partial charge in [-0.05, 0) is 24.1 Å². The van der Waals surface area contributed by atoms with Gasteiger partial charge in [0.1, 0.15) is 0 Å². The molecule has 1 saturated carbocycles. The van der Waals surface area contributed by atoms with E-state index in [-0.39, 0.29) is 0 Å². The number of hydrogen-bond acceptors (Lipinski definition) is 2. The summed E-state index contributed by atoms with van der Waals surface area (Å²) in [5.41, 5.74) is 8.42. The molecule has 2 atom stereocenters. The minimum Gasteiger partial charge on any atom is -0.378 e. The summed E-state index contributed by atoms with van der Waals surface area (Å²) in [5, 5.41) is 0. The van der Waals surface area contributed by atoms with E-state index in [2.05, 4.69) is 43.3 Å². The Bertz CT molecular complexity index is 289. The largest absolute Gasteiger partial charge is 0.378 e. The van der Waals surface area contributed by atoms with Crippen LogP contribution in [-0.2, 0) is 0 Å². The maximum absolute atomic E-state index is 5.79. The highest BCUT2D eigenvalue weighted by molar-refractivity contribution is 5.47. The number of nitrogens with zero attached hydrogens (tertiary/aromatic N) is 1. The third kappa shape index (κ3) is 1.68. The van der Waals surface area contributed by atoms with Gasteiger partial charge in [-0.15, -0.1) is 0 Å². The lowest BCUT2D eigenvalue weighted by Gasteiger charge is -2.12. The molecule has 0 radical (unpaired) electrons. The average Bonchev–Trinajstić information content (AvgIpc) is 2.83. The SMILES string of the molecule is CN(C)c1ccc([C@H]2C[C@@H]2N)cc1. The Kier molecular flexibility index (Phi) is 2.00. The smallest absolute Gasteiger partial charge is 0.0361 e. The van der Waals surface area contributed by atoms with Crippen LogP contribution in [-0.4, -0.2) is 20.1 Å². The van der Waals surface area contributed by atoms with E-state index in [1.165, 1.54) is 11.3 Å². The summed E-state index contributed by atoms with van der Waals surface area (Å²) in [6.07, 6.45) is 1.15. The molecule has 1 aromatic carbocycles. The molecular weight excluding hydrogens is 160 g/mol. The van der Waals surface area contributed by atoms with Gasteiger partial charge in [0.15, 0.2) is 0 Å². The van der Waals surface area contributed by atoms with Crippen LogP contribution in [0.4, 0.5) is 5.69 Å². The molecule has 0 spiro atoms. The number of rotatable bonds is 2. The van der Waals surface area contributed by atoms with Crippen LogP contribution >= 0.6 is 0 Å². The van der Waals surface area contributed by atoms with Gasteiger partial charge >= 0.3 is 0 Å². The predicted octanol–water partition coefficient (Wildman–Crippen LogP) is 1.57. The summed E-state index contributed by atoms with van der Waals surface area (Å²) in [6, 6.07) is 9.09. The highest BCUT2D eigenvalue weighted by Crippen LogP contribution is 2.39. The van der Waals surface area contributed by atoms with Crippen molar-refractivity contribution in [1.82, 2.24) is 0 Å². The topological polar surface area (TPSA) is 29.3 Å². The van der Waals surface area contributed by atoms with Crippen LogP contribution < -0.4 is 10.6 Å². The fourth-order valence-corrected chi connectivity index (χ4v) is 1.62. The molecule has 1 aliphatic rings. The van der Waals surface area contributed by atoms with Crippen LogP contribution in [0.3, 0.4) is 0 Å². The third-order valence-corrected chi connectivity index (χ3v) is 2.68. The van der Waals surface area contributed by atoms with E-state index >= 15 is 0 Å². The first kappa shape index (κ1) is 8.57. The first-order valence-electron chi connectivity index (χ1n) is 4.71. The first-order valence-corrected chi connectivity index (χ1v) is 4.71. The van der Waals surface area contributed by atoms with E-state index in [0.29, 0.717) is 12.0 Å². The van der Waals surface area contributed by atoms with Crippen molar-refractivity contribution in [3.63, 3.8) is 0 Å². The predicted molar refractivity (Wildman–Crippen MR) is 56.1 cm³/mol. The Balaban J connectivity index is 2.14. The van der Waals surface area contributed by atoms with Gasteiger partial charge in [0, 0.05) is 31.7 Å². The Morgan fingerprint density at radius 2 is 1.77 bits per heavy atom. The van der Waals surface area contributed by atoms with Crippen molar-refractivity contribution in [2.45, 2.75) is 18.4 Å². The second kappa shape index (κ2) is 3.04. The maximum Gasteiger partial charge on any atom is 0.0361 e. The van der Waals surface area contributed by atoms with E-state index in [1.807, 2.05) is 0 Å². The highest BCUT2D eigenvalue weighted by Gasteiger charge is 2.34. The summed E-state index contributed by atoms with van der Waals surface area (Å²) in [6.45, 7) is 0. The van der Waals surface area contributed by atoms with Gasteiger partial charge in [-0.3, -0.25) is 0 Å². The molecule has 0 heterocycles. The van der Waals surface area contributed by atoms with Gasteiger partial charge in [-0.1, -0.05) is 12.1 Å². The molecule has 1 fully saturated rings. The van der Waals surface area contributed by atoms with E-state index in [0.717, 1.165) is 6.42 Å². The van der Waals surface area contributed by atoms with Crippen molar-refractivity contribution in [3.05, 3.63) is 29.8 Å².